The lowest BCUT2D eigenvalue weighted by Gasteiger charge is -2.10. The van der Waals surface area contributed by atoms with Gasteiger partial charge in [-0.25, -0.2) is 13.8 Å². The fraction of sp³-hybridized carbons (Fsp3) is 0.0833. The summed E-state index contributed by atoms with van der Waals surface area (Å²) in [5.74, 6) is -1.08. The second kappa shape index (κ2) is 5.20. The van der Waals surface area contributed by atoms with Gasteiger partial charge in [0.1, 0.15) is 11.6 Å². The Morgan fingerprint density at radius 1 is 1.28 bits per heavy atom. The highest BCUT2D eigenvalue weighted by atomic mass is 79.9. The van der Waals surface area contributed by atoms with Crippen molar-refractivity contribution in [1.82, 2.24) is 4.98 Å². The molecule has 0 saturated carbocycles. The minimum Gasteiger partial charge on any atom is -0.336 e. The van der Waals surface area contributed by atoms with Crippen molar-refractivity contribution in [3.63, 3.8) is 0 Å². The topological polar surface area (TPSA) is 24.9 Å². The van der Waals surface area contributed by atoms with Crippen LogP contribution < -0.4 is 5.32 Å². The smallest absolute Gasteiger partial charge is 0.151 e. The Bertz CT molecular complexity index is 582. The second-order valence-electron chi connectivity index (χ2n) is 3.71. The summed E-state index contributed by atoms with van der Waals surface area (Å²) in [6, 6.07) is 3.62. The molecule has 1 N–H and O–H groups in total. The highest BCUT2D eigenvalue weighted by Crippen LogP contribution is 2.31. The lowest BCUT2D eigenvalue weighted by atomic mass is 10.2. The van der Waals surface area contributed by atoms with Crippen LogP contribution in [0, 0.1) is 18.6 Å². The molecule has 2 aromatic rings. The molecule has 1 heterocycles. The number of pyridine rings is 1. The lowest BCUT2D eigenvalue weighted by molar-refractivity contribution is 0.586. The third-order valence-corrected chi connectivity index (χ3v) is 3.13. The first-order valence-corrected chi connectivity index (χ1v) is 6.18. The Morgan fingerprint density at radius 2 is 2.00 bits per heavy atom. The standard InChI is InChI=1S/C12H8BrClF2N2/c1-6-2-8(13)12(17-5-6)18-11-9(14)3-7(15)4-10(11)16/h2-5H,1H3,(H,17,18). The van der Waals surface area contributed by atoms with E-state index in [9.17, 15) is 8.78 Å². The van der Waals surface area contributed by atoms with Gasteiger partial charge in [0, 0.05) is 12.3 Å². The zero-order valence-electron chi connectivity index (χ0n) is 9.27. The molecule has 0 saturated heterocycles. The van der Waals surface area contributed by atoms with Gasteiger partial charge in [0.2, 0.25) is 0 Å². The first-order valence-electron chi connectivity index (χ1n) is 5.01. The first-order chi connectivity index (χ1) is 8.47. The third-order valence-electron chi connectivity index (χ3n) is 2.23. The molecular formula is C12H8BrClF2N2. The molecule has 0 amide bonds. The van der Waals surface area contributed by atoms with Gasteiger partial charge in [-0.1, -0.05) is 11.6 Å². The first kappa shape index (κ1) is 13.2. The van der Waals surface area contributed by atoms with Gasteiger partial charge in [0.15, 0.2) is 5.82 Å². The molecule has 0 atom stereocenters. The molecule has 0 aliphatic rings. The Kier molecular flexibility index (Phi) is 3.82. The van der Waals surface area contributed by atoms with E-state index in [-0.39, 0.29) is 10.7 Å². The van der Waals surface area contributed by atoms with Crippen molar-refractivity contribution < 1.29 is 8.78 Å². The van der Waals surface area contributed by atoms with Crippen molar-refractivity contribution in [2.75, 3.05) is 5.32 Å². The van der Waals surface area contributed by atoms with E-state index in [1.807, 2.05) is 13.0 Å². The number of hydrogen-bond donors (Lipinski definition) is 1. The Labute approximate surface area is 116 Å². The van der Waals surface area contributed by atoms with E-state index in [1.54, 1.807) is 6.20 Å². The molecule has 94 valence electrons. The van der Waals surface area contributed by atoms with Gasteiger partial charge in [-0.3, -0.25) is 0 Å². The number of halogens is 4. The second-order valence-corrected chi connectivity index (χ2v) is 4.97. The van der Waals surface area contributed by atoms with Crippen LogP contribution in [0.25, 0.3) is 0 Å². The Morgan fingerprint density at radius 3 is 2.61 bits per heavy atom. The van der Waals surface area contributed by atoms with E-state index in [0.717, 1.165) is 17.7 Å². The van der Waals surface area contributed by atoms with Crippen molar-refractivity contribution >= 4 is 39.0 Å². The summed E-state index contributed by atoms with van der Waals surface area (Å²) < 4.78 is 27.1. The van der Waals surface area contributed by atoms with Gasteiger partial charge < -0.3 is 5.32 Å². The van der Waals surface area contributed by atoms with Gasteiger partial charge >= 0.3 is 0 Å². The van der Waals surface area contributed by atoms with Crippen molar-refractivity contribution in [3.8, 4) is 0 Å². The molecule has 0 bridgehead atoms. The number of rotatable bonds is 2. The lowest BCUT2D eigenvalue weighted by Crippen LogP contribution is -1.99. The van der Waals surface area contributed by atoms with Crippen LogP contribution >= 0.6 is 27.5 Å². The SMILES string of the molecule is Cc1cnc(Nc2c(F)cc(F)cc2Cl)c(Br)c1. The molecule has 0 fully saturated rings. The van der Waals surface area contributed by atoms with Gasteiger partial charge in [-0.15, -0.1) is 0 Å². The van der Waals surface area contributed by atoms with Gasteiger partial charge in [0.05, 0.1) is 15.2 Å². The predicted molar refractivity (Wildman–Crippen MR) is 71.3 cm³/mol. The van der Waals surface area contributed by atoms with Crippen molar-refractivity contribution in [1.29, 1.82) is 0 Å². The van der Waals surface area contributed by atoms with Crippen LogP contribution in [0.4, 0.5) is 20.3 Å². The highest BCUT2D eigenvalue weighted by molar-refractivity contribution is 9.10. The predicted octanol–water partition coefficient (Wildman–Crippen LogP) is 4.83. The number of aryl methyl sites for hydroxylation is 1. The molecule has 0 aliphatic carbocycles. The maximum absolute atomic E-state index is 13.6. The quantitative estimate of drug-likeness (QED) is 0.851. The van der Waals surface area contributed by atoms with Crippen molar-refractivity contribution in [3.05, 3.63) is 51.1 Å². The average Bonchev–Trinajstić information content (AvgIpc) is 2.25. The summed E-state index contributed by atoms with van der Waals surface area (Å²) in [6.45, 7) is 1.88. The largest absolute Gasteiger partial charge is 0.336 e. The van der Waals surface area contributed by atoms with Crippen LogP contribution in [-0.4, -0.2) is 4.98 Å². The fourth-order valence-corrected chi connectivity index (χ4v) is 2.21. The monoisotopic (exact) mass is 332 g/mol. The van der Waals surface area contributed by atoms with Crippen LogP contribution in [-0.2, 0) is 0 Å². The summed E-state index contributed by atoms with van der Waals surface area (Å²) in [5.41, 5.74) is 0.952. The molecule has 2 rings (SSSR count). The molecule has 0 radical (unpaired) electrons. The molecule has 0 aliphatic heterocycles. The van der Waals surface area contributed by atoms with E-state index in [2.05, 4.69) is 26.2 Å². The minimum absolute atomic E-state index is 0.00452. The number of benzene rings is 1. The van der Waals surface area contributed by atoms with E-state index in [4.69, 9.17) is 11.6 Å². The van der Waals surface area contributed by atoms with E-state index >= 15 is 0 Å². The molecule has 2 nitrogen and oxygen atoms in total. The summed E-state index contributed by atoms with van der Waals surface area (Å²) >= 11 is 9.09. The fourth-order valence-electron chi connectivity index (χ4n) is 1.41. The minimum atomic E-state index is -0.769. The van der Waals surface area contributed by atoms with E-state index in [1.165, 1.54) is 0 Å². The average molecular weight is 334 g/mol. The van der Waals surface area contributed by atoms with Gasteiger partial charge in [0.25, 0.3) is 0 Å². The van der Waals surface area contributed by atoms with Crippen molar-refractivity contribution in [2.24, 2.45) is 0 Å². The van der Waals surface area contributed by atoms with Gasteiger partial charge in [-0.05, 0) is 40.5 Å². The Balaban J connectivity index is 2.40. The number of nitrogens with one attached hydrogen (secondary N) is 1. The van der Waals surface area contributed by atoms with Crippen LogP contribution in [0.2, 0.25) is 5.02 Å². The highest BCUT2D eigenvalue weighted by Gasteiger charge is 2.12. The number of anilines is 2. The summed E-state index contributed by atoms with van der Waals surface area (Å²) in [4.78, 5) is 4.10. The maximum Gasteiger partial charge on any atom is 0.151 e. The number of hydrogen-bond acceptors (Lipinski definition) is 2. The normalized spacial score (nSPS) is 10.5. The Hall–Kier alpha value is -1.20. The molecule has 18 heavy (non-hydrogen) atoms. The summed E-state index contributed by atoms with van der Waals surface area (Å²) in [7, 11) is 0. The zero-order chi connectivity index (χ0) is 13.3. The number of nitrogens with zero attached hydrogens (tertiary/aromatic N) is 1. The summed E-state index contributed by atoms with van der Waals surface area (Å²) in [6.07, 6.45) is 1.63. The van der Waals surface area contributed by atoms with Crippen molar-refractivity contribution in [2.45, 2.75) is 6.92 Å². The zero-order valence-corrected chi connectivity index (χ0v) is 11.6. The molecule has 0 spiro atoms. The van der Waals surface area contributed by atoms with Crippen LogP contribution in [0.5, 0.6) is 0 Å². The molecule has 1 aromatic carbocycles. The van der Waals surface area contributed by atoms with E-state index < -0.39 is 11.6 Å². The maximum atomic E-state index is 13.6. The molecule has 1 aromatic heterocycles. The van der Waals surface area contributed by atoms with Crippen LogP contribution in [0.15, 0.2) is 28.9 Å². The van der Waals surface area contributed by atoms with Gasteiger partial charge in [-0.2, -0.15) is 0 Å². The van der Waals surface area contributed by atoms with E-state index in [0.29, 0.717) is 10.3 Å². The molecular weight excluding hydrogens is 325 g/mol. The number of aromatic nitrogens is 1. The third kappa shape index (κ3) is 2.79. The van der Waals surface area contributed by atoms with Crippen LogP contribution in [0.3, 0.4) is 0 Å². The molecule has 6 heteroatoms. The molecule has 0 unspecified atom stereocenters. The van der Waals surface area contributed by atoms with Crippen LogP contribution in [0.1, 0.15) is 5.56 Å². The summed E-state index contributed by atoms with van der Waals surface area (Å²) in [5, 5.41) is 2.69.